The van der Waals surface area contributed by atoms with E-state index in [0.717, 1.165) is 16.9 Å². The Bertz CT molecular complexity index is 1090. The van der Waals surface area contributed by atoms with Crippen LogP contribution in [0.4, 0.5) is 0 Å². The van der Waals surface area contributed by atoms with E-state index in [2.05, 4.69) is 5.32 Å². The van der Waals surface area contributed by atoms with Gasteiger partial charge in [-0.15, -0.1) is 0 Å². The van der Waals surface area contributed by atoms with E-state index in [4.69, 9.17) is 27.9 Å². The second-order valence-corrected chi connectivity index (χ2v) is 8.97. The summed E-state index contributed by atoms with van der Waals surface area (Å²) < 4.78 is 5.74. The summed E-state index contributed by atoms with van der Waals surface area (Å²) in [6.45, 7) is 2.93. The molecule has 0 aliphatic carbocycles. The fourth-order valence-electron chi connectivity index (χ4n) is 3.75. The molecule has 5 nitrogen and oxygen atoms in total. The van der Waals surface area contributed by atoms with Crippen molar-refractivity contribution in [3.05, 3.63) is 100 Å². The van der Waals surface area contributed by atoms with Crippen LogP contribution in [0.2, 0.25) is 10.0 Å². The molecule has 0 aliphatic rings. The van der Waals surface area contributed by atoms with Crippen molar-refractivity contribution in [2.24, 2.45) is 0 Å². The minimum atomic E-state index is -0.688. The number of nitrogens with zero attached hydrogens (tertiary/aromatic N) is 1. The number of hydrogen-bond acceptors (Lipinski definition) is 3. The van der Waals surface area contributed by atoms with Crippen LogP contribution in [0.5, 0.6) is 5.75 Å². The fraction of sp³-hybridized carbons (Fsp3) is 0.286. The zero-order valence-corrected chi connectivity index (χ0v) is 21.3. The lowest BCUT2D eigenvalue weighted by Gasteiger charge is -2.32. The Kier molecular flexibility index (Phi) is 10.5. The lowest BCUT2D eigenvalue weighted by molar-refractivity contribution is -0.141. The molecule has 35 heavy (non-hydrogen) atoms. The fourth-order valence-corrected chi connectivity index (χ4v) is 4.22. The maximum atomic E-state index is 13.5. The van der Waals surface area contributed by atoms with Gasteiger partial charge in [-0.2, -0.15) is 0 Å². The zero-order chi connectivity index (χ0) is 25.0. The first kappa shape index (κ1) is 26.6. The molecular weight excluding hydrogens is 483 g/mol. The molecule has 3 aromatic rings. The van der Waals surface area contributed by atoms with Crippen LogP contribution in [0.3, 0.4) is 0 Å². The van der Waals surface area contributed by atoms with E-state index in [-0.39, 0.29) is 24.8 Å². The zero-order valence-electron chi connectivity index (χ0n) is 19.8. The van der Waals surface area contributed by atoms with Crippen LogP contribution >= 0.6 is 23.2 Å². The van der Waals surface area contributed by atoms with E-state index in [0.29, 0.717) is 36.0 Å². The highest BCUT2D eigenvalue weighted by Gasteiger charge is 2.30. The third-order valence-electron chi connectivity index (χ3n) is 5.52. The van der Waals surface area contributed by atoms with Gasteiger partial charge in [-0.3, -0.25) is 9.59 Å². The number of rotatable bonds is 12. The second kappa shape index (κ2) is 13.8. The first-order valence-electron chi connectivity index (χ1n) is 11.7. The molecule has 0 radical (unpaired) electrons. The van der Waals surface area contributed by atoms with Crippen LogP contribution < -0.4 is 10.1 Å². The van der Waals surface area contributed by atoms with E-state index >= 15 is 0 Å². The van der Waals surface area contributed by atoms with Gasteiger partial charge in [0, 0.05) is 36.0 Å². The quantitative estimate of drug-likeness (QED) is 0.306. The number of halogens is 2. The SMILES string of the molecule is CCNC(=O)[C@@H](Cc1ccccc1)N(Cc1ccc(Cl)cc1Cl)C(=O)CCCOc1ccccc1. The number of benzene rings is 3. The van der Waals surface area contributed by atoms with E-state index in [1.807, 2.05) is 67.6 Å². The number of carbonyl (C=O) groups excluding carboxylic acids is 2. The maximum absolute atomic E-state index is 13.5. The average Bonchev–Trinajstić information content (AvgIpc) is 2.86. The average molecular weight is 513 g/mol. The van der Waals surface area contributed by atoms with Crippen LogP contribution in [0.15, 0.2) is 78.9 Å². The van der Waals surface area contributed by atoms with E-state index in [1.54, 1.807) is 23.1 Å². The van der Waals surface area contributed by atoms with Crippen molar-refractivity contribution in [2.45, 2.75) is 38.8 Å². The van der Waals surface area contributed by atoms with Crippen molar-refractivity contribution < 1.29 is 14.3 Å². The van der Waals surface area contributed by atoms with Gasteiger partial charge in [0.15, 0.2) is 0 Å². The van der Waals surface area contributed by atoms with Gasteiger partial charge in [-0.1, -0.05) is 77.8 Å². The van der Waals surface area contributed by atoms with Crippen molar-refractivity contribution in [1.82, 2.24) is 10.2 Å². The summed E-state index contributed by atoms with van der Waals surface area (Å²) in [6, 6.07) is 23.6. The summed E-state index contributed by atoms with van der Waals surface area (Å²) in [5, 5.41) is 3.86. The number of carbonyl (C=O) groups is 2. The molecule has 3 rings (SSSR count). The van der Waals surface area contributed by atoms with Crippen molar-refractivity contribution >= 4 is 35.0 Å². The van der Waals surface area contributed by atoms with Crippen LogP contribution in [-0.4, -0.2) is 35.9 Å². The lowest BCUT2D eigenvalue weighted by Crippen LogP contribution is -2.50. The minimum Gasteiger partial charge on any atom is -0.494 e. The topological polar surface area (TPSA) is 58.6 Å². The molecule has 0 spiro atoms. The number of amides is 2. The number of ether oxygens (including phenoxy) is 1. The molecule has 3 aromatic carbocycles. The Balaban J connectivity index is 1.80. The molecule has 0 unspecified atom stereocenters. The molecular formula is C28H30Cl2N2O3. The van der Waals surface area contributed by atoms with E-state index < -0.39 is 6.04 Å². The number of para-hydroxylation sites is 1. The first-order valence-corrected chi connectivity index (χ1v) is 12.5. The molecule has 0 heterocycles. The molecule has 1 atom stereocenters. The van der Waals surface area contributed by atoms with Gasteiger partial charge < -0.3 is 15.0 Å². The standard InChI is InChI=1S/C28H30Cl2N2O3/c1-2-31-28(34)26(18-21-10-5-3-6-11-21)32(20-22-15-16-23(29)19-25(22)30)27(33)14-9-17-35-24-12-7-4-8-13-24/h3-8,10-13,15-16,19,26H,2,9,14,17-18,20H2,1H3,(H,31,34)/t26-/m1/s1. The molecule has 0 saturated heterocycles. The maximum Gasteiger partial charge on any atom is 0.243 e. The molecule has 0 aromatic heterocycles. The highest BCUT2D eigenvalue weighted by Crippen LogP contribution is 2.24. The molecule has 7 heteroatoms. The number of likely N-dealkylation sites (N-methyl/N-ethyl adjacent to an activating group) is 1. The van der Waals surface area contributed by atoms with Gasteiger partial charge in [0.1, 0.15) is 11.8 Å². The normalized spacial score (nSPS) is 11.5. The monoisotopic (exact) mass is 512 g/mol. The first-order chi connectivity index (χ1) is 17.0. The van der Waals surface area contributed by atoms with Crippen molar-refractivity contribution in [2.75, 3.05) is 13.2 Å². The summed E-state index contributed by atoms with van der Waals surface area (Å²) in [7, 11) is 0. The van der Waals surface area contributed by atoms with Crippen molar-refractivity contribution in [1.29, 1.82) is 0 Å². The Morgan fingerprint density at radius 2 is 1.66 bits per heavy atom. The third kappa shape index (κ3) is 8.30. The van der Waals surface area contributed by atoms with Crippen LogP contribution in [0, 0.1) is 0 Å². The lowest BCUT2D eigenvalue weighted by atomic mass is 10.0. The molecule has 0 saturated carbocycles. The third-order valence-corrected chi connectivity index (χ3v) is 6.11. The Hall–Kier alpha value is -3.02. The van der Waals surface area contributed by atoms with Crippen LogP contribution in [0.1, 0.15) is 30.9 Å². The minimum absolute atomic E-state index is 0.139. The van der Waals surface area contributed by atoms with E-state index in [9.17, 15) is 9.59 Å². The predicted octanol–water partition coefficient (Wildman–Crippen LogP) is 5.93. The molecule has 0 bridgehead atoms. The van der Waals surface area contributed by atoms with Gasteiger partial charge >= 0.3 is 0 Å². The molecule has 1 N–H and O–H groups in total. The van der Waals surface area contributed by atoms with Gasteiger partial charge in [-0.25, -0.2) is 0 Å². The van der Waals surface area contributed by atoms with Crippen molar-refractivity contribution in [3.63, 3.8) is 0 Å². The summed E-state index contributed by atoms with van der Waals surface area (Å²) in [4.78, 5) is 28.3. The predicted molar refractivity (Wildman–Crippen MR) is 141 cm³/mol. The van der Waals surface area contributed by atoms with Gasteiger partial charge in [-0.05, 0) is 48.7 Å². The molecule has 0 fully saturated rings. The van der Waals surface area contributed by atoms with E-state index in [1.165, 1.54) is 0 Å². The summed E-state index contributed by atoms with van der Waals surface area (Å²) in [5.74, 6) is 0.421. The number of nitrogens with one attached hydrogen (secondary N) is 1. The Labute approximate surface area is 217 Å². The van der Waals surface area contributed by atoms with Gasteiger partial charge in [0.25, 0.3) is 0 Å². The molecule has 2 amide bonds. The summed E-state index contributed by atoms with van der Waals surface area (Å²) in [5.41, 5.74) is 1.70. The van der Waals surface area contributed by atoms with Crippen LogP contribution in [-0.2, 0) is 22.6 Å². The van der Waals surface area contributed by atoms with Gasteiger partial charge in [0.2, 0.25) is 11.8 Å². The Morgan fingerprint density at radius 1 is 0.971 bits per heavy atom. The summed E-state index contributed by atoms with van der Waals surface area (Å²) >= 11 is 12.5. The molecule has 184 valence electrons. The second-order valence-electron chi connectivity index (χ2n) is 8.12. The largest absolute Gasteiger partial charge is 0.494 e. The van der Waals surface area contributed by atoms with Crippen molar-refractivity contribution in [3.8, 4) is 5.75 Å². The highest BCUT2D eigenvalue weighted by molar-refractivity contribution is 6.35. The summed E-state index contributed by atoms with van der Waals surface area (Å²) in [6.07, 6.45) is 1.15. The number of hydrogen-bond donors (Lipinski definition) is 1. The Morgan fingerprint density at radius 3 is 2.31 bits per heavy atom. The highest BCUT2D eigenvalue weighted by atomic mass is 35.5. The molecule has 0 aliphatic heterocycles. The van der Waals surface area contributed by atoms with Crippen LogP contribution in [0.25, 0.3) is 0 Å². The smallest absolute Gasteiger partial charge is 0.243 e. The van der Waals surface area contributed by atoms with Gasteiger partial charge in [0.05, 0.1) is 6.61 Å².